The molecule has 0 fully saturated rings. The van der Waals surface area contributed by atoms with Crippen LogP contribution in [0.25, 0.3) is 0 Å². The minimum atomic E-state index is -0.0955. The monoisotopic (exact) mass is 715 g/mol. The van der Waals surface area contributed by atoms with Crippen molar-refractivity contribution in [3.63, 3.8) is 0 Å². The lowest BCUT2D eigenvalue weighted by Gasteiger charge is -2.06. The Bertz CT molecular complexity index is 483. The summed E-state index contributed by atoms with van der Waals surface area (Å²) in [5, 5.41) is 17.6. The van der Waals surface area contributed by atoms with Crippen LogP contribution in [0.2, 0.25) is 0 Å². The van der Waals surface area contributed by atoms with Crippen LogP contribution in [-0.4, -0.2) is 22.9 Å². The molecule has 0 spiro atoms. The lowest BCUT2D eigenvalue weighted by molar-refractivity contribution is 0.180. The highest BCUT2D eigenvalue weighted by Crippen LogP contribution is 2.15. The molecule has 2 N–H and O–H groups in total. The summed E-state index contributed by atoms with van der Waals surface area (Å²) in [6.45, 7) is 20.3. The second-order valence-corrected chi connectivity index (χ2v) is 16.1. The maximum atomic E-state index is 8.85. The smallest absolute Gasteiger partial charge is 0.0512 e. The van der Waals surface area contributed by atoms with Crippen molar-refractivity contribution in [2.75, 3.05) is 6.61 Å². The lowest BCUT2D eigenvalue weighted by atomic mass is 10.0. The van der Waals surface area contributed by atoms with Gasteiger partial charge < -0.3 is 10.2 Å². The van der Waals surface area contributed by atoms with Crippen LogP contribution in [0.5, 0.6) is 0 Å². The number of hydrogen-bond acceptors (Lipinski definition) is 2. The summed E-state index contributed by atoms with van der Waals surface area (Å²) in [7, 11) is 0. The molecule has 0 aromatic carbocycles. The Kier molecular flexibility index (Phi) is 69.0. The molecule has 0 saturated heterocycles. The summed E-state index contributed by atoms with van der Waals surface area (Å²) in [5.41, 5.74) is 0. The zero-order chi connectivity index (χ0) is 37.5. The number of aliphatic hydroxyl groups is 2. The van der Waals surface area contributed by atoms with Crippen LogP contribution in [0.4, 0.5) is 0 Å². The highest BCUT2D eigenvalue weighted by molar-refractivity contribution is 4.52. The molecule has 0 rings (SSSR count). The number of aliphatic hydroxyl groups excluding tert-OH is 2. The zero-order valence-electron chi connectivity index (χ0n) is 36.4. The third-order valence-electron chi connectivity index (χ3n) is 9.68. The first-order chi connectivity index (χ1) is 23.8. The normalized spacial score (nSPS) is 11.8. The Labute approximate surface area is 322 Å². The Morgan fingerprint density at radius 1 is 0.320 bits per heavy atom. The first kappa shape index (κ1) is 59.2. The highest BCUT2D eigenvalue weighted by Gasteiger charge is 1.99. The quantitative estimate of drug-likeness (QED) is 0.0652. The van der Waals surface area contributed by atoms with Gasteiger partial charge in [-0.1, -0.05) is 268 Å². The van der Waals surface area contributed by atoms with Gasteiger partial charge in [0, 0.05) is 6.61 Å². The molecule has 0 amide bonds. The van der Waals surface area contributed by atoms with Crippen molar-refractivity contribution >= 4 is 0 Å². The standard InChI is InChI=1S/C19H40.C11H24O.C9H20.C8H18O.CH4/c1-4-5-6-7-8-9-10-11-12-13-14-15-16-17-18-19(2)3;1-3-4-5-6-7-8-9-11(2)10-12;1-3-5-7-9-8-6-4-2;1-3-4-5-6-7-8(2)9;/h19H,4-18H2,1-3H3;11-12H,3-10H2,1-2H3;3-9H2,1-2H3;8-9H,3-7H2,1-2H3;1H4. The predicted octanol–water partition coefficient (Wildman–Crippen LogP) is 17.6. The van der Waals surface area contributed by atoms with E-state index >= 15 is 0 Å². The van der Waals surface area contributed by atoms with E-state index in [-0.39, 0.29) is 13.5 Å². The van der Waals surface area contributed by atoms with Crippen LogP contribution >= 0.6 is 0 Å². The fourth-order valence-corrected chi connectivity index (χ4v) is 6.01. The third kappa shape index (κ3) is 73.4. The minimum Gasteiger partial charge on any atom is -0.396 e. The average molecular weight is 715 g/mol. The zero-order valence-corrected chi connectivity index (χ0v) is 36.4. The molecular formula is C48H106O2. The van der Waals surface area contributed by atoms with Gasteiger partial charge in [-0.25, -0.2) is 0 Å². The second-order valence-electron chi connectivity index (χ2n) is 16.1. The second kappa shape index (κ2) is 58.2. The Balaban J connectivity index is -0.000000189. The maximum absolute atomic E-state index is 8.85. The largest absolute Gasteiger partial charge is 0.396 e. The molecule has 0 aliphatic rings. The number of hydrogen-bond donors (Lipinski definition) is 2. The summed E-state index contributed by atoms with van der Waals surface area (Å²) < 4.78 is 0. The summed E-state index contributed by atoms with van der Waals surface area (Å²) in [6, 6.07) is 0. The van der Waals surface area contributed by atoms with E-state index in [9.17, 15) is 0 Å². The molecule has 0 radical (unpaired) electrons. The van der Waals surface area contributed by atoms with Gasteiger partial charge in [0.15, 0.2) is 0 Å². The molecule has 310 valence electrons. The van der Waals surface area contributed by atoms with Gasteiger partial charge in [0.25, 0.3) is 0 Å². The van der Waals surface area contributed by atoms with Gasteiger partial charge >= 0.3 is 0 Å². The average Bonchev–Trinajstić information content (AvgIpc) is 3.09. The molecule has 0 saturated carbocycles. The van der Waals surface area contributed by atoms with E-state index in [0.29, 0.717) is 12.5 Å². The molecule has 0 aromatic heterocycles. The van der Waals surface area contributed by atoms with E-state index in [1.165, 1.54) is 212 Å². The van der Waals surface area contributed by atoms with Crippen molar-refractivity contribution in [3.05, 3.63) is 0 Å². The third-order valence-corrected chi connectivity index (χ3v) is 9.68. The molecule has 2 heteroatoms. The predicted molar refractivity (Wildman–Crippen MR) is 235 cm³/mol. The first-order valence-corrected chi connectivity index (χ1v) is 23.1. The van der Waals surface area contributed by atoms with Gasteiger partial charge in [-0.05, 0) is 31.6 Å². The molecule has 0 bridgehead atoms. The molecular weight excluding hydrogens is 609 g/mol. The van der Waals surface area contributed by atoms with Gasteiger partial charge in [0.05, 0.1) is 6.10 Å². The molecule has 0 heterocycles. The summed E-state index contributed by atoms with van der Waals surface area (Å²) >= 11 is 0. The Morgan fingerprint density at radius 3 is 0.780 bits per heavy atom. The van der Waals surface area contributed by atoms with Gasteiger partial charge in [-0.3, -0.25) is 0 Å². The van der Waals surface area contributed by atoms with Crippen molar-refractivity contribution in [2.45, 2.75) is 294 Å². The first-order valence-electron chi connectivity index (χ1n) is 23.1. The van der Waals surface area contributed by atoms with Gasteiger partial charge in [-0.15, -0.1) is 0 Å². The van der Waals surface area contributed by atoms with Crippen molar-refractivity contribution in [2.24, 2.45) is 11.8 Å². The summed E-state index contributed by atoms with van der Waals surface area (Å²) in [5.74, 6) is 1.41. The Morgan fingerprint density at radius 2 is 0.540 bits per heavy atom. The topological polar surface area (TPSA) is 40.5 Å². The minimum absolute atomic E-state index is 0. The molecule has 0 aliphatic carbocycles. The van der Waals surface area contributed by atoms with Gasteiger partial charge in [0.1, 0.15) is 0 Å². The van der Waals surface area contributed by atoms with Gasteiger partial charge in [-0.2, -0.15) is 0 Å². The van der Waals surface area contributed by atoms with Crippen LogP contribution < -0.4 is 0 Å². The molecule has 2 unspecified atom stereocenters. The van der Waals surface area contributed by atoms with Crippen LogP contribution in [-0.2, 0) is 0 Å². The van der Waals surface area contributed by atoms with E-state index in [1.54, 1.807) is 0 Å². The van der Waals surface area contributed by atoms with Crippen LogP contribution in [0, 0.1) is 11.8 Å². The van der Waals surface area contributed by atoms with Crippen LogP contribution in [0.3, 0.4) is 0 Å². The van der Waals surface area contributed by atoms with Crippen LogP contribution in [0.15, 0.2) is 0 Å². The lowest BCUT2D eigenvalue weighted by Crippen LogP contribution is -1.99. The van der Waals surface area contributed by atoms with Crippen molar-refractivity contribution in [1.82, 2.24) is 0 Å². The van der Waals surface area contributed by atoms with E-state index in [4.69, 9.17) is 10.2 Å². The SMILES string of the molecule is C.CCCCCCC(C)O.CCCCCCCCC.CCCCCCCCC(C)CO.CCCCCCCCCCCCCCCCC(C)C. The van der Waals surface area contributed by atoms with Crippen LogP contribution in [0.1, 0.15) is 288 Å². The van der Waals surface area contributed by atoms with E-state index in [2.05, 4.69) is 55.4 Å². The molecule has 2 atom stereocenters. The molecule has 2 nitrogen and oxygen atoms in total. The van der Waals surface area contributed by atoms with Crippen molar-refractivity contribution in [3.8, 4) is 0 Å². The fourth-order valence-electron chi connectivity index (χ4n) is 6.01. The number of rotatable bonds is 34. The fraction of sp³-hybridized carbons (Fsp3) is 1.00. The highest BCUT2D eigenvalue weighted by atomic mass is 16.3. The summed E-state index contributed by atoms with van der Waals surface area (Å²) in [6.07, 6.45) is 47.2. The van der Waals surface area contributed by atoms with Crippen molar-refractivity contribution in [1.29, 1.82) is 0 Å². The summed E-state index contributed by atoms with van der Waals surface area (Å²) in [4.78, 5) is 0. The molecule has 0 aromatic rings. The Hall–Kier alpha value is -0.0800. The molecule has 0 aliphatic heterocycles. The van der Waals surface area contributed by atoms with E-state index < -0.39 is 0 Å². The maximum Gasteiger partial charge on any atom is 0.0512 e. The number of unbranched alkanes of at least 4 members (excludes halogenated alkanes) is 27. The van der Waals surface area contributed by atoms with E-state index in [1.807, 2.05) is 6.92 Å². The van der Waals surface area contributed by atoms with E-state index in [0.717, 1.165) is 12.3 Å². The van der Waals surface area contributed by atoms with Crippen molar-refractivity contribution < 1.29 is 10.2 Å². The van der Waals surface area contributed by atoms with Gasteiger partial charge in [0.2, 0.25) is 0 Å². The molecule has 50 heavy (non-hydrogen) atoms.